The van der Waals surface area contributed by atoms with Crippen LogP contribution in [0, 0.1) is 0 Å². The number of aromatic nitrogens is 3. The Labute approximate surface area is 179 Å². The highest BCUT2D eigenvalue weighted by atomic mass is 35.5. The van der Waals surface area contributed by atoms with E-state index in [-0.39, 0.29) is 12.5 Å². The standard InChI is InChI=1S/C20H23Cl2N5O2/c1-3-9-26(15-5-6-16(21)17(11-15)29-2)10-8-23-19(28)13-27-12-14-4-7-18(22)24-20(14)25-27/h4-7,11-12H,3,8-10,13H2,1-2H3,(H,23,28). The predicted molar refractivity (Wildman–Crippen MR) is 116 cm³/mol. The van der Waals surface area contributed by atoms with Crippen molar-refractivity contribution in [3.63, 3.8) is 0 Å². The fraction of sp³-hybridized carbons (Fsp3) is 0.350. The smallest absolute Gasteiger partial charge is 0.241 e. The van der Waals surface area contributed by atoms with Gasteiger partial charge in [0.2, 0.25) is 5.91 Å². The summed E-state index contributed by atoms with van der Waals surface area (Å²) in [5, 5.41) is 9.02. The molecule has 3 aromatic rings. The molecular weight excluding hydrogens is 413 g/mol. The Morgan fingerprint density at radius 2 is 2.07 bits per heavy atom. The van der Waals surface area contributed by atoms with Gasteiger partial charge in [-0.1, -0.05) is 30.1 Å². The number of carbonyl (C=O) groups is 1. The molecule has 0 bridgehead atoms. The number of hydrogen-bond donors (Lipinski definition) is 1. The maximum Gasteiger partial charge on any atom is 0.241 e. The highest BCUT2D eigenvalue weighted by molar-refractivity contribution is 6.32. The summed E-state index contributed by atoms with van der Waals surface area (Å²) >= 11 is 12.0. The fourth-order valence-electron chi connectivity index (χ4n) is 3.03. The molecule has 1 aromatic carbocycles. The first-order chi connectivity index (χ1) is 14.0. The summed E-state index contributed by atoms with van der Waals surface area (Å²) in [5.41, 5.74) is 1.53. The number of benzene rings is 1. The van der Waals surface area contributed by atoms with E-state index in [1.165, 1.54) is 0 Å². The van der Waals surface area contributed by atoms with E-state index in [0.29, 0.717) is 34.7 Å². The minimum Gasteiger partial charge on any atom is -0.495 e. The zero-order chi connectivity index (χ0) is 20.8. The molecule has 1 N–H and O–H groups in total. The van der Waals surface area contributed by atoms with Crippen molar-refractivity contribution >= 4 is 45.8 Å². The summed E-state index contributed by atoms with van der Waals surface area (Å²) in [6.45, 7) is 4.27. The van der Waals surface area contributed by atoms with Crippen molar-refractivity contribution < 1.29 is 9.53 Å². The molecule has 0 aliphatic rings. The Kier molecular flexibility index (Phi) is 7.17. The number of amides is 1. The average Bonchev–Trinajstić information content (AvgIpc) is 3.09. The Morgan fingerprint density at radius 1 is 1.24 bits per heavy atom. The number of ether oxygens (including phenoxy) is 1. The summed E-state index contributed by atoms with van der Waals surface area (Å²) in [6, 6.07) is 9.21. The molecule has 29 heavy (non-hydrogen) atoms. The molecular formula is C20H23Cl2N5O2. The highest BCUT2D eigenvalue weighted by Gasteiger charge is 2.11. The Morgan fingerprint density at radius 3 is 2.83 bits per heavy atom. The third kappa shape index (κ3) is 5.52. The molecule has 0 spiro atoms. The van der Waals surface area contributed by atoms with Gasteiger partial charge in [-0.05, 0) is 30.7 Å². The van der Waals surface area contributed by atoms with E-state index in [0.717, 1.165) is 24.0 Å². The van der Waals surface area contributed by atoms with Gasteiger partial charge in [0.15, 0.2) is 5.65 Å². The SMILES string of the molecule is CCCN(CCNC(=O)Cn1cc2ccc(Cl)nc2n1)c1ccc(Cl)c(OC)c1. The van der Waals surface area contributed by atoms with E-state index in [1.54, 1.807) is 24.1 Å². The van der Waals surface area contributed by atoms with Crippen molar-refractivity contribution in [3.8, 4) is 5.75 Å². The minimum atomic E-state index is -0.117. The van der Waals surface area contributed by atoms with Crippen LogP contribution in [0.2, 0.25) is 10.2 Å². The van der Waals surface area contributed by atoms with E-state index >= 15 is 0 Å². The molecule has 0 atom stereocenters. The molecule has 0 radical (unpaired) electrons. The van der Waals surface area contributed by atoms with Gasteiger partial charge >= 0.3 is 0 Å². The lowest BCUT2D eigenvalue weighted by atomic mass is 10.2. The van der Waals surface area contributed by atoms with Gasteiger partial charge in [-0.2, -0.15) is 5.10 Å². The maximum absolute atomic E-state index is 12.3. The zero-order valence-corrected chi connectivity index (χ0v) is 17.9. The second-order valence-corrected chi connectivity index (χ2v) is 7.32. The largest absolute Gasteiger partial charge is 0.495 e. The first-order valence-electron chi connectivity index (χ1n) is 9.35. The summed E-state index contributed by atoms with van der Waals surface area (Å²) in [5.74, 6) is 0.516. The lowest BCUT2D eigenvalue weighted by molar-refractivity contribution is -0.121. The van der Waals surface area contributed by atoms with Gasteiger partial charge in [0.05, 0.1) is 12.1 Å². The van der Waals surface area contributed by atoms with E-state index in [1.807, 2.05) is 24.3 Å². The number of hydrogen-bond acceptors (Lipinski definition) is 5. The van der Waals surface area contributed by atoms with E-state index in [2.05, 4.69) is 27.2 Å². The molecule has 7 nitrogen and oxygen atoms in total. The van der Waals surface area contributed by atoms with Crippen molar-refractivity contribution in [1.29, 1.82) is 0 Å². The second-order valence-electron chi connectivity index (χ2n) is 6.53. The molecule has 2 heterocycles. The van der Waals surface area contributed by atoms with Crippen LogP contribution in [-0.4, -0.2) is 47.4 Å². The van der Waals surface area contributed by atoms with Crippen LogP contribution >= 0.6 is 23.2 Å². The summed E-state index contributed by atoms with van der Waals surface area (Å²) in [6.07, 6.45) is 2.76. The normalized spacial score (nSPS) is 10.9. The quantitative estimate of drug-likeness (QED) is 0.517. The molecule has 2 aromatic heterocycles. The number of nitrogens with one attached hydrogen (secondary N) is 1. The number of nitrogens with zero attached hydrogens (tertiary/aromatic N) is 4. The minimum absolute atomic E-state index is 0.117. The molecule has 1 amide bonds. The molecule has 0 saturated heterocycles. The molecule has 0 unspecified atom stereocenters. The number of pyridine rings is 1. The van der Waals surface area contributed by atoms with Crippen LogP contribution < -0.4 is 15.0 Å². The number of fused-ring (bicyclic) bond motifs is 1. The number of rotatable bonds is 9. The van der Waals surface area contributed by atoms with Gasteiger partial charge in [0.25, 0.3) is 0 Å². The summed E-state index contributed by atoms with van der Waals surface area (Å²) < 4.78 is 6.87. The molecule has 9 heteroatoms. The Bertz CT molecular complexity index is 992. The highest BCUT2D eigenvalue weighted by Crippen LogP contribution is 2.29. The molecule has 0 saturated carbocycles. The van der Waals surface area contributed by atoms with Crippen molar-refractivity contribution in [2.24, 2.45) is 0 Å². The average molecular weight is 436 g/mol. The van der Waals surface area contributed by atoms with Crippen molar-refractivity contribution in [2.75, 3.05) is 31.6 Å². The fourth-order valence-corrected chi connectivity index (χ4v) is 3.37. The molecule has 3 rings (SSSR count). The molecule has 0 aliphatic carbocycles. The van der Waals surface area contributed by atoms with Crippen molar-refractivity contribution in [2.45, 2.75) is 19.9 Å². The van der Waals surface area contributed by atoms with Gasteiger partial charge in [0.1, 0.15) is 17.4 Å². The van der Waals surface area contributed by atoms with Gasteiger partial charge < -0.3 is 15.0 Å². The van der Waals surface area contributed by atoms with Gasteiger partial charge in [-0.25, -0.2) is 4.98 Å². The lowest BCUT2D eigenvalue weighted by Crippen LogP contribution is -2.36. The van der Waals surface area contributed by atoms with Crippen LogP contribution in [0.4, 0.5) is 5.69 Å². The van der Waals surface area contributed by atoms with Crippen LogP contribution in [0.1, 0.15) is 13.3 Å². The lowest BCUT2D eigenvalue weighted by Gasteiger charge is -2.25. The number of anilines is 1. The van der Waals surface area contributed by atoms with Crippen molar-refractivity contribution in [1.82, 2.24) is 20.1 Å². The molecule has 154 valence electrons. The number of carbonyl (C=O) groups excluding carboxylic acids is 1. The van der Waals surface area contributed by atoms with E-state index in [4.69, 9.17) is 27.9 Å². The maximum atomic E-state index is 12.3. The Balaban J connectivity index is 1.56. The number of halogens is 2. The summed E-state index contributed by atoms with van der Waals surface area (Å²) in [4.78, 5) is 18.6. The third-order valence-electron chi connectivity index (χ3n) is 4.39. The zero-order valence-electron chi connectivity index (χ0n) is 16.4. The van der Waals surface area contributed by atoms with Crippen LogP contribution in [0.3, 0.4) is 0 Å². The number of methoxy groups -OCH3 is 1. The van der Waals surface area contributed by atoms with Crippen LogP contribution in [0.5, 0.6) is 5.75 Å². The second kappa shape index (κ2) is 9.80. The van der Waals surface area contributed by atoms with E-state index in [9.17, 15) is 4.79 Å². The van der Waals surface area contributed by atoms with Crippen LogP contribution in [0.15, 0.2) is 36.5 Å². The molecule has 0 aliphatic heterocycles. The van der Waals surface area contributed by atoms with E-state index < -0.39 is 0 Å². The van der Waals surface area contributed by atoms with Gasteiger partial charge in [-0.15, -0.1) is 0 Å². The monoisotopic (exact) mass is 435 g/mol. The Hall–Kier alpha value is -2.51. The summed E-state index contributed by atoms with van der Waals surface area (Å²) in [7, 11) is 1.59. The first kappa shape index (κ1) is 21.2. The third-order valence-corrected chi connectivity index (χ3v) is 4.91. The predicted octanol–water partition coefficient (Wildman–Crippen LogP) is 3.78. The molecule has 0 fully saturated rings. The topological polar surface area (TPSA) is 72.3 Å². The van der Waals surface area contributed by atoms with Crippen molar-refractivity contribution in [3.05, 3.63) is 46.7 Å². The van der Waals surface area contributed by atoms with Gasteiger partial charge in [0, 0.05) is 43.0 Å². The first-order valence-corrected chi connectivity index (χ1v) is 10.1. The van der Waals surface area contributed by atoms with Gasteiger partial charge in [-0.3, -0.25) is 9.48 Å². The van der Waals surface area contributed by atoms with Crippen LogP contribution in [0.25, 0.3) is 11.0 Å². The van der Waals surface area contributed by atoms with Crippen LogP contribution in [-0.2, 0) is 11.3 Å².